The first-order valence-electron chi connectivity index (χ1n) is 6.91. The number of aromatic amines is 1. The van der Waals surface area contributed by atoms with Crippen LogP contribution in [0, 0.1) is 6.92 Å². The molecule has 0 aliphatic carbocycles. The Kier molecular flexibility index (Phi) is 3.55. The number of nitrogens with zero attached hydrogens (tertiary/aromatic N) is 3. The number of hydrogen-bond acceptors (Lipinski definition) is 5. The van der Waals surface area contributed by atoms with Gasteiger partial charge >= 0.3 is 5.69 Å². The molecule has 1 amide bonds. The normalized spacial score (nSPS) is 18.7. The lowest BCUT2D eigenvalue weighted by atomic mass is 9.94. The number of nitrogens with one attached hydrogen (secondary N) is 1. The minimum absolute atomic E-state index is 0.113. The summed E-state index contributed by atoms with van der Waals surface area (Å²) in [6.45, 7) is 3.02. The van der Waals surface area contributed by atoms with Gasteiger partial charge in [0.15, 0.2) is 0 Å². The van der Waals surface area contributed by atoms with Crippen LogP contribution < -0.4 is 5.69 Å². The Morgan fingerprint density at radius 3 is 3.10 bits per heavy atom. The van der Waals surface area contributed by atoms with Crippen LogP contribution in [0.1, 0.15) is 40.7 Å². The van der Waals surface area contributed by atoms with Crippen LogP contribution in [0.25, 0.3) is 0 Å². The molecule has 0 saturated carbocycles. The molecular weight excluding hydrogens is 272 g/mol. The van der Waals surface area contributed by atoms with E-state index in [-0.39, 0.29) is 23.3 Å². The van der Waals surface area contributed by atoms with Gasteiger partial charge in [-0.3, -0.25) is 4.79 Å². The zero-order valence-electron chi connectivity index (χ0n) is 11.7. The average Bonchev–Trinajstić information content (AvgIpc) is 2.93. The summed E-state index contributed by atoms with van der Waals surface area (Å²) in [6.07, 6.45) is 3.31. The first kappa shape index (κ1) is 13.5. The highest BCUT2D eigenvalue weighted by atomic mass is 16.5. The van der Waals surface area contributed by atoms with Crippen LogP contribution >= 0.6 is 0 Å². The maximum atomic E-state index is 12.4. The summed E-state index contributed by atoms with van der Waals surface area (Å²) < 4.78 is 5.03. The van der Waals surface area contributed by atoms with E-state index in [0.29, 0.717) is 18.8 Å². The van der Waals surface area contributed by atoms with Gasteiger partial charge < -0.3 is 14.4 Å². The summed E-state index contributed by atoms with van der Waals surface area (Å²) in [5, 5.41) is 3.74. The fraction of sp³-hybridized carbons (Fsp3) is 0.429. The molecule has 0 aromatic carbocycles. The van der Waals surface area contributed by atoms with Crippen molar-refractivity contribution in [1.29, 1.82) is 0 Å². The third-order valence-corrected chi connectivity index (χ3v) is 3.68. The van der Waals surface area contributed by atoms with Gasteiger partial charge in [0.25, 0.3) is 5.91 Å². The number of carbonyl (C=O) groups is 1. The lowest BCUT2D eigenvalue weighted by Crippen LogP contribution is -2.39. The van der Waals surface area contributed by atoms with Gasteiger partial charge in [-0.05, 0) is 25.8 Å². The molecule has 1 aliphatic heterocycles. The van der Waals surface area contributed by atoms with Crippen molar-refractivity contribution >= 4 is 5.91 Å². The van der Waals surface area contributed by atoms with Gasteiger partial charge in [0, 0.05) is 37.0 Å². The van der Waals surface area contributed by atoms with Crippen LogP contribution in [0.3, 0.4) is 0 Å². The minimum atomic E-state index is -0.359. The van der Waals surface area contributed by atoms with E-state index in [0.717, 1.165) is 18.5 Å². The number of piperidine rings is 1. The summed E-state index contributed by atoms with van der Waals surface area (Å²) >= 11 is 0. The fourth-order valence-corrected chi connectivity index (χ4v) is 2.66. The number of carbonyl (C=O) groups excluding carboxylic acids is 1. The van der Waals surface area contributed by atoms with Gasteiger partial charge in [-0.1, -0.05) is 5.16 Å². The van der Waals surface area contributed by atoms with E-state index < -0.39 is 0 Å². The Morgan fingerprint density at radius 2 is 2.38 bits per heavy atom. The molecule has 1 aliphatic rings. The Hall–Kier alpha value is -2.44. The molecule has 3 rings (SSSR count). The van der Waals surface area contributed by atoms with Crippen molar-refractivity contribution in [3.8, 4) is 0 Å². The highest BCUT2D eigenvalue weighted by Crippen LogP contribution is 2.25. The van der Waals surface area contributed by atoms with Crippen molar-refractivity contribution in [2.24, 2.45) is 0 Å². The molecule has 0 radical (unpaired) electrons. The average molecular weight is 288 g/mol. The van der Waals surface area contributed by atoms with Gasteiger partial charge in [-0.2, -0.15) is 0 Å². The van der Waals surface area contributed by atoms with Crippen molar-refractivity contribution in [3.63, 3.8) is 0 Å². The monoisotopic (exact) mass is 288 g/mol. The van der Waals surface area contributed by atoms with Gasteiger partial charge in [0.2, 0.25) is 5.76 Å². The van der Waals surface area contributed by atoms with Gasteiger partial charge in [0.05, 0.1) is 5.69 Å². The fourth-order valence-electron chi connectivity index (χ4n) is 2.66. The van der Waals surface area contributed by atoms with Crippen LogP contribution in [-0.4, -0.2) is 39.0 Å². The zero-order chi connectivity index (χ0) is 14.8. The van der Waals surface area contributed by atoms with Crippen LogP contribution in [0.15, 0.2) is 27.6 Å². The van der Waals surface area contributed by atoms with E-state index in [4.69, 9.17) is 4.52 Å². The first-order chi connectivity index (χ1) is 10.1. The van der Waals surface area contributed by atoms with Gasteiger partial charge in [-0.25, -0.2) is 9.78 Å². The lowest BCUT2D eigenvalue weighted by Gasteiger charge is -2.31. The molecule has 3 heterocycles. The van der Waals surface area contributed by atoms with Crippen molar-refractivity contribution in [2.75, 3.05) is 13.1 Å². The number of rotatable bonds is 2. The van der Waals surface area contributed by atoms with E-state index in [1.807, 2.05) is 0 Å². The standard InChI is InChI=1S/C14H16N4O3/c1-9-7-12(21-17-9)13(19)18-6-2-3-10(8-18)11-4-5-15-14(20)16-11/h4-5,7,10H,2-3,6,8H2,1H3,(H,15,16,20)/t10-/m1/s1. The third-order valence-electron chi connectivity index (χ3n) is 3.68. The second-order valence-corrected chi connectivity index (χ2v) is 5.25. The molecule has 2 aromatic rings. The highest BCUT2D eigenvalue weighted by Gasteiger charge is 2.27. The number of H-pyrrole nitrogens is 1. The number of aromatic nitrogens is 3. The molecule has 110 valence electrons. The molecule has 0 spiro atoms. The molecule has 21 heavy (non-hydrogen) atoms. The van der Waals surface area contributed by atoms with E-state index >= 15 is 0 Å². The summed E-state index contributed by atoms with van der Waals surface area (Å²) in [6, 6.07) is 3.43. The summed E-state index contributed by atoms with van der Waals surface area (Å²) in [4.78, 5) is 31.8. The Balaban J connectivity index is 1.77. The molecule has 0 unspecified atom stereocenters. The topological polar surface area (TPSA) is 92.1 Å². The predicted molar refractivity (Wildman–Crippen MR) is 74.0 cm³/mol. The zero-order valence-corrected chi connectivity index (χ0v) is 11.7. The van der Waals surface area contributed by atoms with E-state index in [1.54, 1.807) is 24.0 Å². The second kappa shape index (κ2) is 5.51. The molecule has 7 heteroatoms. The summed E-state index contributed by atoms with van der Waals surface area (Å²) in [7, 11) is 0. The maximum Gasteiger partial charge on any atom is 0.345 e. The van der Waals surface area contributed by atoms with Gasteiger partial charge in [-0.15, -0.1) is 0 Å². The molecule has 1 saturated heterocycles. The second-order valence-electron chi connectivity index (χ2n) is 5.25. The molecule has 0 bridgehead atoms. The third kappa shape index (κ3) is 2.86. The Morgan fingerprint density at radius 1 is 1.52 bits per heavy atom. The predicted octanol–water partition coefficient (Wildman–Crippen LogP) is 1.09. The van der Waals surface area contributed by atoms with Crippen molar-refractivity contribution < 1.29 is 9.32 Å². The number of likely N-dealkylation sites (tertiary alicyclic amines) is 1. The van der Waals surface area contributed by atoms with Crippen molar-refractivity contribution in [3.05, 3.63) is 46.0 Å². The van der Waals surface area contributed by atoms with Crippen molar-refractivity contribution in [1.82, 2.24) is 20.0 Å². The molecule has 1 N–H and O–H groups in total. The summed E-state index contributed by atoms with van der Waals surface area (Å²) in [5.41, 5.74) is 1.15. The van der Waals surface area contributed by atoms with Gasteiger partial charge in [0.1, 0.15) is 0 Å². The quantitative estimate of drug-likeness (QED) is 0.893. The number of hydrogen-bond donors (Lipinski definition) is 1. The molecule has 7 nitrogen and oxygen atoms in total. The molecule has 1 atom stereocenters. The number of amides is 1. The van der Waals surface area contributed by atoms with Crippen molar-refractivity contribution in [2.45, 2.75) is 25.7 Å². The Labute approximate surface area is 121 Å². The Bertz CT molecular complexity index is 706. The van der Waals surface area contributed by atoms with E-state index in [9.17, 15) is 9.59 Å². The maximum absolute atomic E-state index is 12.4. The van der Waals surface area contributed by atoms with Crippen LogP contribution in [0.2, 0.25) is 0 Å². The molecule has 1 fully saturated rings. The smallest absolute Gasteiger partial charge is 0.345 e. The molecular formula is C14H16N4O3. The largest absolute Gasteiger partial charge is 0.351 e. The first-order valence-corrected chi connectivity index (χ1v) is 6.91. The van der Waals surface area contributed by atoms with Crippen LogP contribution in [0.5, 0.6) is 0 Å². The summed E-state index contributed by atoms with van der Waals surface area (Å²) in [5.74, 6) is 0.218. The minimum Gasteiger partial charge on any atom is -0.351 e. The molecule has 2 aromatic heterocycles. The lowest BCUT2D eigenvalue weighted by molar-refractivity contribution is 0.0663. The van der Waals surface area contributed by atoms with Crippen LogP contribution in [-0.2, 0) is 0 Å². The highest BCUT2D eigenvalue weighted by molar-refractivity contribution is 5.91. The van der Waals surface area contributed by atoms with E-state index in [1.165, 1.54) is 6.20 Å². The van der Waals surface area contributed by atoms with E-state index in [2.05, 4.69) is 15.1 Å². The number of aryl methyl sites for hydroxylation is 1. The van der Waals surface area contributed by atoms with Crippen LogP contribution in [0.4, 0.5) is 0 Å². The SMILES string of the molecule is Cc1cc(C(=O)N2CCC[C@@H](c3ccnc(=O)[nH]3)C2)on1.